The first kappa shape index (κ1) is 17.2. The van der Waals surface area contributed by atoms with Gasteiger partial charge in [-0.1, -0.05) is 0 Å². The third-order valence-corrected chi connectivity index (χ3v) is 6.17. The summed E-state index contributed by atoms with van der Waals surface area (Å²) in [4.78, 5) is 24.8. The van der Waals surface area contributed by atoms with E-state index in [-0.39, 0.29) is 29.9 Å². The molecule has 2 fully saturated rings. The van der Waals surface area contributed by atoms with E-state index in [9.17, 15) is 18.0 Å². The number of primary amides is 1. The molecule has 0 aromatic heterocycles. The number of carbonyl (C=O) groups is 2. The van der Waals surface area contributed by atoms with Gasteiger partial charge in [-0.15, -0.1) is 0 Å². The molecule has 2 rings (SSSR count). The van der Waals surface area contributed by atoms with Gasteiger partial charge in [-0.2, -0.15) is 4.31 Å². The van der Waals surface area contributed by atoms with Crippen molar-refractivity contribution in [3.63, 3.8) is 0 Å². The van der Waals surface area contributed by atoms with E-state index in [1.165, 1.54) is 4.31 Å². The second-order valence-corrected chi connectivity index (χ2v) is 7.86. The minimum Gasteiger partial charge on any atom is -0.369 e. The molecule has 9 heteroatoms. The van der Waals surface area contributed by atoms with Crippen LogP contribution in [-0.2, 0) is 19.6 Å². The molecule has 2 heterocycles. The fourth-order valence-electron chi connectivity index (χ4n) is 2.84. The van der Waals surface area contributed by atoms with Gasteiger partial charge in [0, 0.05) is 51.6 Å². The molecule has 3 N–H and O–H groups in total. The molecule has 0 unspecified atom stereocenters. The van der Waals surface area contributed by atoms with Crippen molar-refractivity contribution in [3.8, 4) is 0 Å². The van der Waals surface area contributed by atoms with Gasteiger partial charge in [0.15, 0.2) is 0 Å². The molecule has 0 bridgehead atoms. The van der Waals surface area contributed by atoms with Crippen LogP contribution in [-0.4, -0.2) is 74.5 Å². The number of likely N-dealkylation sites (tertiary alicyclic amines) is 1. The van der Waals surface area contributed by atoms with E-state index in [0.717, 1.165) is 0 Å². The number of hydrogen-bond donors (Lipinski definition) is 2. The summed E-state index contributed by atoms with van der Waals surface area (Å²) in [5.41, 5.74) is 5.25. The van der Waals surface area contributed by atoms with E-state index < -0.39 is 10.0 Å². The number of amides is 2. The highest BCUT2D eigenvalue weighted by Crippen LogP contribution is 2.17. The number of hydrogen-bond acceptors (Lipinski definition) is 5. The van der Waals surface area contributed by atoms with E-state index >= 15 is 0 Å². The minimum absolute atomic E-state index is 0.00645. The van der Waals surface area contributed by atoms with Gasteiger partial charge in [-0.05, 0) is 12.8 Å². The van der Waals surface area contributed by atoms with Crippen molar-refractivity contribution in [1.29, 1.82) is 0 Å². The van der Waals surface area contributed by atoms with Crippen molar-refractivity contribution in [2.45, 2.75) is 19.3 Å². The summed E-state index contributed by atoms with van der Waals surface area (Å²) in [5.74, 6) is -0.814. The highest BCUT2D eigenvalue weighted by atomic mass is 32.2. The molecular formula is C13H24N4O4S. The SMILES string of the molecule is NC(=O)C1CCN(C(=O)CCS(=O)(=O)N2CCNCC2)CC1. The van der Waals surface area contributed by atoms with E-state index in [0.29, 0.717) is 52.1 Å². The van der Waals surface area contributed by atoms with Crippen molar-refractivity contribution >= 4 is 21.8 Å². The number of carbonyl (C=O) groups excluding carboxylic acids is 2. The largest absolute Gasteiger partial charge is 0.369 e. The number of nitrogens with one attached hydrogen (secondary N) is 1. The third-order valence-electron chi connectivity index (χ3n) is 4.29. The second-order valence-electron chi connectivity index (χ2n) is 5.77. The molecule has 2 amide bonds. The van der Waals surface area contributed by atoms with Gasteiger partial charge in [0.05, 0.1) is 5.75 Å². The van der Waals surface area contributed by atoms with Crippen LogP contribution in [0.2, 0.25) is 0 Å². The maximum absolute atomic E-state index is 12.2. The topological polar surface area (TPSA) is 113 Å². The van der Waals surface area contributed by atoms with Crippen LogP contribution in [0.15, 0.2) is 0 Å². The number of nitrogens with zero attached hydrogens (tertiary/aromatic N) is 2. The predicted molar refractivity (Wildman–Crippen MR) is 81.3 cm³/mol. The minimum atomic E-state index is -3.37. The van der Waals surface area contributed by atoms with Gasteiger partial charge < -0.3 is 16.0 Å². The standard InChI is InChI=1S/C13H24N4O4S/c14-13(19)11-1-6-16(7-2-11)12(18)3-10-22(20,21)17-8-4-15-5-9-17/h11,15H,1-10H2,(H2,14,19). The predicted octanol–water partition coefficient (Wildman–Crippen LogP) is -1.66. The smallest absolute Gasteiger partial charge is 0.223 e. The van der Waals surface area contributed by atoms with Crippen LogP contribution in [0.5, 0.6) is 0 Å². The van der Waals surface area contributed by atoms with Crippen molar-refractivity contribution in [3.05, 3.63) is 0 Å². The van der Waals surface area contributed by atoms with Gasteiger partial charge in [0.25, 0.3) is 0 Å². The van der Waals surface area contributed by atoms with Crippen LogP contribution >= 0.6 is 0 Å². The Labute approximate surface area is 131 Å². The average Bonchev–Trinajstić information content (AvgIpc) is 2.53. The molecule has 0 aliphatic carbocycles. The molecule has 0 spiro atoms. The number of piperazine rings is 1. The van der Waals surface area contributed by atoms with Crippen LogP contribution in [0, 0.1) is 5.92 Å². The molecule has 0 saturated carbocycles. The molecule has 0 aromatic rings. The molecule has 8 nitrogen and oxygen atoms in total. The van der Waals surface area contributed by atoms with E-state index in [4.69, 9.17) is 5.73 Å². The Morgan fingerprint density at radius 2 is 1.68 bits per heavy atom. The molecule has 2 aliphatic heterocycles. The zero-order valence-corrected chi connectivity index (χ0v) is 13.5. The first-order valence-electron chi connectivity index (χ1n) is 7.66. The van der Waals surface area contributed by atoms with Gasteiger partial charge >= 0.3 is 0 Å². The lowest BCUT2D eigenvalue weighted by atomic mass is 9.96. The Kier molecular flexibility index (Phi) is 5.76. The lowest BCUT2D eigenvalue weighted by molar-refractivity contribution is -0.134. The van der Waals surface area contributed by atoms with Crippen LogP contribution in [0.4, 0.5) is 0 Å². The number of rotatable bonds is 5. The first-order valence-corrected chi connectivity index (χ1v) is 9.27. The molecule has 22 heavy (non-hydrogen) atoms. The summed E-state index contributed by atoms with van der Waals surface area (Å²) in [6, 6.07) is 0. The number of sulfonamides is 1. The summed E-state index contributed by atoms with van der Waals surface area (Å²) in [7, 11) is -3.37. The normalized spacial score (nSPS) is 21.7. The maximum atomic E-state index is 12.2. The Morgan fingerprint density at radius 3 is 2.23 bits per heavy atom. The van der Waals surface area contributed by atoms with Crippen molar-refractivity contribution in [1.82, 2.24) is 14.5 Å². The highest BCUT2D eigenvalue weighted by Gasteiger charge is 2.28. The Hall–Kier alpha value is -1.19. The third kappa shape index (κ3) is 4.40. The fourth-order valence-corrected chi connectivity index (χ4v) is 4.27. The van der Waals surface area contributed by atoms with Crippen LogP contribution in [0.25, 0.3) is 0 Å². The average molecular weight is 332 g/mol. The number of nitrogens with two attached hydrogens (primary N) is 1. The molecule has 0 radical (unpaired) electrons. The van der Waals surface area contributed by atoms with Crippen molar-refractivity contribution < 1.29 is 18.0 Å². The number of piperidine rings is 1. The lowest BCUT2D eigenvalue weighted by Gasteiger charge is -2.31. The van der Waals surface area contributed by atoms with E-state index in [1.54, 1.807) is 4.90 Å². The summed E-state index contributed by atoms with van der Waals surface area (Å²) >= 11 is 0. The van der Waals surface area contributed by atoms with Crippen molar-refractivity contribution in [2.75, 3.05) is 45.0 Å². The summed E-state index contributed by atoms with van der Waals surface area (Å²) in [6.07, 6.45) is 1.12. The highest BCUT2D eigenvalue weighted by molar-refractivity contribution is 7.89. The maximum Gasteiger partial charge on any atom is 0.223 e. The van der Waals surface area contributed by atoms with Gasteiger partial charge in [0.1, 0.15) is 0 Å². The second kappa shape index (κ2) is 7.38. The van der Waals surface area contributed by atoms with Crippen LogP contribution in [0.1, 0.15) is 19.3 Å². The van der Waals surface area contributed by atoms with Crippen LogP contribution < -0.4 is 11.1 Å². The van der Waals surface area contributed by atoms with Gasteiger partial charge in [0.2, 0.25) is 21.8 Å². The molecule has 2 saturated heterocycles. The van der Waals surface area contributed by atoms with Gasteiger partial charge in [-0.3, -0.25) is 9.59 Å². The summed E-state index contributed by atoms with van der Waals surface area (Å²) in [6.45, 7) is 3.16. The molecule has 126 valence electrons. The monoisotopic (exact) mass is 332 g/mol. The Morgan fingerprint density at radius 1 is 1.09 bits per heavy atom. The zero-order chi connectivity index (χ0) is 16.2. The Bertz CT molecular complexity index is 508. The summed E-state index contributed by atoms with van der Waals surface area (Å²) in [5, 5.41) is 3.10. The lowest BCUT2D eigenvalue weighted by Crippen LogP contribution is -2.48. The Balaban J connectivity index is 1.79. The molecule has 0 aromatic carbocycles. The first-order chi connectivity index (χ1) is 10.4. The van der Waals surface area contributed by atoms with Gasteiger partial charge in [-0.25, -0.2) is 8.42 Å². The van der Waals surface area contributed by atoms with Crippen molar-refractivity contribution in [2.24, 2.45) is 11.7 Å². The fraction of sp³-hybridized carbons (Fsp3) is 0.846. The molecule has 2 aliphatic rings. The van der Waals surface area contributed by atoms with E-state index in [2.05, 4.69) is 5.32 Å². The molecular weight excluding hydrogens is 308 g/mol. The van der Waals surface area contributed by atoms with E-state index in [1.807, 2.05) is 0 Å². The zero-order valence-electron chi connectivity index (χ0n) is 12.7. The quantitative estimate of drug-likeness (QED) is 0.625. The molecule has 0 atom stereocenters. The summed E-state index contributed by atoms with van der Waals surface area (Å²) < 4.78 is 25.8. The van der Waals surface area contributed by atoms with Crippen LogP contribution in [0.3, 0.4) is 0 Å².